The van der Waals surface area contributed by atoms with Crippen molar-refractivity contribution in [3.63, 3.8) is 0 Å². The van der Waals surface area contributed by atoms with E-state index in [9.17, 15) is 4.79 Å². The molecule has 0 saturated heterocycles. The van der Waals surface area contributed by atoms with E-state index >= 15 is 0 Å². The van der Waals surface area contributed by atoms with Gasteiger partial charge in [-0.3, -0.25) is 4.79 Å². The standard InChI is InChI=1S/C13H14Cl2N2O/c1-3-4-12(16)13(18)17-8(2)10-6-5-9(14)7-11(10)15/h1,5-8,12H,4,16H2,2H3,(H,17,18). The number of halogens is 2. The van der Waals surface area contributed by atoms with E-state index in [2.05, 4.69) is 11.2 Å². The van der Waals surface area contributed by atoms with Gasteiger partial charge in [-0.15, -0.1) is 12.3 Å². The molecule has 1 aromatic rings. The molecular formula is C13H14Cl2N2O. The first-order valence-electron chi connectivity index (χ1n) is 5.40. The van der Waals surface area contributed by atoms with Crippen LogP contribution in [0.4, 0.5) is 0 Å². The number of hydrogen-bond donors (Lipinski definition) is 2. The third-order valence-corrected chi connectivity index (χ3v) is 3.02. The van der Waals surface area contributed by atoms with Gasteiger partial charge in [-0.25, -0.2) is 0 Å². The fraction of sp³-hybridized carbons (Fsp3) is 0.308. The summed E-state index contributed by atoms with van der Waals surface area (Å²) in [5.74, 6) is 2.05. The van der Waals surface area contributed by atoms with Gasteiger partial charge in [-0.2, -0.15) is 0 Å². The first-order chi connectivity index (χ1) is 8.45. The van der Waals surface area contributed by atoms with Crippen LogP contribution in [0.3, 0.4) is 0 Å². The summed E-state index contributed by atoms with van der Waals surface area (Å²) in [6.45, 7) is 1.82. The molecule has 0 radical (unpaired) electrons. The summed E-state index contributed by atoms with van der Waals surface area (Å²) in [7, 11) is 0. The Balaban J connectivity index is 2.74. The molecule has 0 aliphatic carbocycles. The summed E-state index contributed by atoms with van der Waals surface area (Å²) in [5.41, 5.74) is 6.39. The van der Waals surface area contributed by atoms with Crippen LogP contribution in [0.15, 0.2) is 18.2 Å². The van der Waals surface area contributed by atoms with Gasteiger partial charge in [0.15, 0.2) is 0 Å². The second kappa shape index (κ2) is 6.65. The topological polar surface area (TPSA) is 55.1 Å². The first kappa shape index (κ1) is 14.8. The van der Waals surface area contributed by atoms with Gasteiger partial charge in [0.05, 0.1) is 12.1 Å². The van der Waals surface area contributed by atoms with Gasteiger partial charge in [0, 0.05) is 16.5 Å². The maximum atomic E-state index is 11.7. The van der Waals surface area contributed by atoms with Crippen molar-refractivity contribution in [3.05, 3.63) is 33.8 Å². The van der Waals surface area contributed by atoms with Crippen LogP contribution in [-0.4, -0.2) is 11.9 Å². The monoisotopic (exact) mass is 284 g/mol. The van der Waals surface area contributed by atoms with Gasteiger partial charge in [-0.05, 0) is 24.6 Å². The van der Waals surface area contributed by atoms with Gasteiger partial charge in [0.1, 0.15) is 0 Å². The van der Waals surface area contributed by atoms with E-state index in [1.165, 1.54) is 0 Å². The lowest BCUT2D eigenvalue weighted by Gasteiger charge is -2.18. The number of terminal acetylenes is 1. The number of rotatable bonds is 4. The third-order valence-electron chi connectivity index (χ3n) is 2.46. The van der Waals surface area contributed by atoms with Crippen molar-refractivity contribution in [2.45, 2.75) is 25.4 Å². The van der Waals surface area contributed by atoms with Crippen LogP contribution < -0.4 is 11.1 Å². The van der Waals surface area contributed by atoms with Crippen molar-refractivity contribution in [2.75, 3.05) is 0 Å². The summed E-state index contributed by atoms with van der Waals surface area (Å²) in [5, 5.41) is 3.80. The van der Waals surface area contributed by atoms with Crippen molar-refractivity contribution >= 4 is 29.1 Å². The fourth-order valence-corrected chi connectivity index (χ4v) is 2.04. The molecule has 96 valence electrons. The molecule has 0 fully saturated rings. The molecule has 1 aromatic carbocycles. The average Bonchev–Trinajstić information content (AvgIpc) is 2.28. The number of carbonyl (C=O) groups excluding carboxylic acids is 1. The number of hydrogen-bond acceptors (Lipinski definition) is 2. The SMILES string of the molecule is C#CCC(N)C(=O)NC(C)c1ccc(Cl)cc1Cl. The lowest BCUT2D eigenvalue weighted by Crippen LogP contribution is -2.41. The van der Waals surface area contributed by atoms with Crippen molar-refractivity contribution in [2.24, 2.45) is 5.73 Å². The molecule has 0 saturated carbocycles. The Hall–Kier alpha value is -1.21. The molecule has 2 atom stereocenters. The number of benzene rings is 1. The Bertz CT molecular complexity index is 482. The predicted molar refractivity (Wildman–Crippen MR) is 74.4 cm³/mol. The van der Waals surface area contributed by atoms with Crippen molar-refractivity contribution in [1.82, 2.24) is 5.32 Å². The Kier molecular flexibility index (Phi) is 5.49. The Morgan fingerprint density at radius 2 is 2.22 bits per heavy atom. The molecule has 0 heterocycles. The number of amides is 1. The molecular weight excluding hydrogens is 271 g/mol. The van der Waals surface area contributed by atoms with Crippen molar-refractivity contribution in [1.29, 1.82) is 0 Å². The molecule has 1 amide bonds. The van der Waals surface area contributed by atoms with Gasteiger partial charge in [-0.1, -0.05) is 29.3 Å². The largest absolute Gasteiger partial charge is 0.348 e. The molecule has 2 unspecified atom stereocenters. The zero-order chi connectivity index (χ0) is 13.7. The van der Waals surface area contributed by atoms with Crippen LogP contribution in [0.25, 0.3) is 0 Å². The Morgan fingerprint density at radius 3 is 2.78 bits per heavy atom. The zero-order valence-electron chi connectivity index (χ0n) is 9.91. The average molecular weight is 285 g/mol. The van der Waals surface area contributed by atoms with Crippen LogP contribution in [0.5, 0.6) is 0 Å². The minimum Gasteiger partial charge on any atom is -0.348 e. The summed E-state index contributed by atoms with van der Waals surface area (Å²) < 4.78 is 0. The maximum absolute atomic E-state index is 11.7. The molecule has 3 N–H and O–H groups in total. The molecule has 3 nitrogen and oxygen atoms in total. The lowest BCUT2D eigenvalue weighted by atomic mass is 10.1. The minimum atomic E-state index is -0.705. The molecule has 0 bridgehead atoms. The molecule has 0 spiro atoms. The highest BCUT2D eigenvalue weighted by Crippen LogP contribution is 2.26. The quantitative estimate of drug-likeness (QED) is 0.835. The normalized spacial score (nSPS) is 13.5. The first-order valence-corrected chi connectivity index (χ1v) is 6.15. The lowest BCUT2D eigenvalue weighted by molar-refractivity contribution is -0.122. The summed E-state index contributed by atoms with van der Waals surface area (Å²) in [6, 6.07) is 4.15. The smallest absolute Gasteiger partial charge is 0.238 e. The Morgan fingerprint density at radius 1 is 1.56 bits per heavy atom. The second-order valence-corrected chi connectivity index (χ2v) is 4.75. The predicted octanol–water partition coefficient (Wildman–Crippen LogP) is 2.52. The molecule has 5 heteroatoms. The van der Waals surface area contributed by atoms with Crippen molar-refractivity contribution in [3.8, 4) is 12.3 Å². The third kappa shape index (κ3) is 3.92. The van der Waals surface area contributed by atoms with E-state index in [0.717, 1.165) is 5.56 Å². The van der Waals surface area contributed by atoms with Gasteiger partial charge < -0.3 is 11.1 Å². The minimum absolute atomic E-state index is 0.201. The van der Waals surface area contributed by atoms with Gasteiger partial charge in [0.2, 0.25) is 5.91 Å². The zero-order valence-corrected chi connectivity index (χ0v) is 11.4. The van der Waals surface area contributed by atoms with Crippen LogP contribution >= 0.6 is 23.2 Å². The van der Waals surface area contributed by atoms with E-state index in [1.807, 2.05) is 6.92 Å². The fourth-order valence-electron chi connectivity index (χ4n) is 1.47. The number of nitrogens with two attached hydrogens (primary N) is 1. The van der Waals surface area contributed by atoms with E-state index < -0.39 is 6.04 Å². The highest BCUT2D eigenvalue weighted by atomic mass is 35.5. The van der Waals surface area contributed by atoms with E-state index in [1.54, 1.807) is 18.2 Å². The second-order valence-electron chi connectivity index (χ2n) is 3.91. The van der Waals surface area contributed by atoms with E-state index in [4.69, 9.17) is 35.4 Å². The number of carbonyl (C=O) groups is 1. The molecule has 1 rings (SSSR count). The summed E-state index contributed by atoms with van der Waals surface area (Å²) >= 11 is 11.9. The van der Waals surface area contributed by atoms with Crippen molar-refractivity contribution < 1.29 is 4.79 Å². The molecule has 18 heavy (non-hydrogen) atoms. The van der Waals surface area contributed by atoms with E-state index in [0.29, 0.717) is 10.0 Å². The van der Waals surface area contributed by atoms with Gasteiger partial charge in [0.25, 0.3) is 0 Å². The molecule has 0 aliphatic heterocycles. The van der Waals surface area contributed by atoms with Crippen LogP contribution in [0, 0.1) is 12.3 Å². The van der Waals surface area contributed by atoms with Crippen LogP contribution in [0.1, 0.15) is 24.9 Å². The van der Waals surface area contributed by atoms with Gasteiger partial charge >= 0.3 is 0 Å². The van der Waals surface area contributed by atoms with E-state index in [-0.39, 0.29) is 18.4 Å². The van der Waals surface area contributed by atoms with Crippen LogP contribution in [0.2, 0.25) is 10.0 Å². The molecule has 0 aliphatic rings. The van der Waals surface area contributed by atoms with Crippen LogP contribution in [-0.2, 0) is 4.79 Å². The highest BCUT2D eigenvalue weighted by Gasteiger charge is 2.17. The summed E-state index contributed by atoms with van der Waals surface area (Å²) in [6.07, 6.45) is 5.31. The maximum Gasteiger partial charge on any atom is 0.238 e. The highest BCUT2D eigenvalue weighted by molar-refractivity contribution is 6.35. The summed E-state index contributed by atoms with van der Waals surface area (Å²) in [4.78, 5) is 11.7. The molecule has 0 aromatic heterocycles. The Labute approximate surface area is 117 Å². The number of nitrogens with one attached hydrogen (secondary N) is 1.